The van der Waals surface area contributed by atoms with Crippen molar-refractivity contribution in [3.63, 3.8) is 0 Å². The van der Waals surface area contributed by atoms with E-state index in [2.05, 4.69) is 231 Å². The first-order valence-electron chi connectivity index (χ1n) is 27.2. The topological polar surface area (TPSA) is 51.6 Å². The number of hydrogen-bond acceptors (Lipinski definition) is 4. The van der Waals surface area contributed by atoms with Gasteiger partial charge in [0.2, 0.25) is 0 Å². The number of benzene rings is 12. The number of rotatable bonds is 7. The molecule has 0 amide bonds. The standard InChI is InChI=1S/C76H46N4/c1-13-29-69-47(17-1)33-57(43-77-69)51-37-52(58-34-48-18-2-14-30-70(48)78-44-58)40-55(39-51)73-61-21-5-9-25-65(61)75(66-26-10-6-22-62(66)73)76-67-27-11-7-23-63(67)74(64-24-8-12-28-68(64)76)56-41-53(59-35-49-19-3-15-31-71(49)79-45-59)38-54(42-56)60-36-50-20-4-16-32-72(50)80-46-60/h1-46H. The summed E-state index contributed by atoms with van der Waals surface area (Å²) in [6.07, 6.45) is 8.06. The van der Waals surface area contributed by atoms with E-state index in [0.717, 1.165) is 99.2 Å². The van der Waals surface area contributed by atoms with E-state index in [4.69, 9.17) is 19.9 Å². The molecule has 370 valence electrons. The van der Waals surface area contributed by atoms with Crippen molar-refractivity contribution in [1.29, 1.82) is 0 Å². The average molecular weight is 1020 g/mol. The summed E-state index contributed by atoms with van der Waals surface area (Å²) >= 11 is 0. The molecule has 4 heteroatoms. The van der Waals surface area contributed by atoms with Crippen LogP contribution < -0.4 is 0 Å². The second-order valence-corrected chi connectivity index (χ2v) is 20.9. The van der Waals surface area contributed by atoms with Gasteiger partial charge in [-0.1, -0.05) is 170 Å². The summed E-state index contributed by atoms with van der Waals surface area (Å²) in [6, 6.07) is 92.6. The van der Waals surface area contributed by atoms with Crippen LogP contribution in [0.3, 0.4) is 0 Å². The van der Waals surface area contributed by atoms with Crippen molar-refractivity contribution < 1.29 is 0 Å². The second kappa shape index (κ2) is 18.5. The van der Waals surface area contributed by atoms with Gasteiger partial charge in [-0.15, -0.1) is 0 Å². The van der Waals surface area contributed by atoms with Gasteiger partial charge in [0, 0.05) is 68.6 Å². The maximum atomic E-state index is 4.96. The van der Waals surface area contributed by atoms with Gasteiger partial charge in [-0.25, -0.2) is 0 Å². The monoisotopic (exact) mass is 1010 g/mol. The summed E-state index contributed by atoms with van der Waals surface area (Å²) in [7, 11) is 0. The zero-order chi connectivity index (χ0) is 52.7. The third-order valence-electron chi connectivity index (χ3n) is 16.3. The van der Waals surface area contributed by atoms with Crippen molar-refractivity contribution in [2.75, 3.05) is 0 Å². The number of aromatic nitrogens is 4. The van der Waals surface area contributed by atoms with Crippen molar-refractivity contribution in [2.45, 2.75) is 0 Å². The van der Waals surface area contributed by atoms with E-state index in [9.17, 15) is 0 Å². The average Bonchev–Trinajstić information content (AvgIpc) is 3.59. The fraction of sp³-hybridized carbons (Fsp3) is 0. The van der Waals surface area contributed by atoms with E-state index in [1.807, 2.05) is 49.1 Å². The fourth-order valence-corrected chi connectivity index (χ4v) is 12.5. The van der Waals surface area contributed by atoms with Crippen molar-refractivity contribution in [2.24, 2.45) is 0 Å². The van der Waals surface area contributed by atoms with E-state index in [1.165, 1.54) is 65.3 Å². The SMILES string of the molecule is c1ccc2ncc(-c3cc(-c4cnc5ccccc5c4)cc(-c4c5ccccc5c(-c5c6ccccc6c(-c6cc(-c7cnc8ccccc8c7)cc(-c7cnc8ccccc8c7)c6)c6ccccc56)c5ccccc45)c3)cc2c1. The summed E-state index contributed by atoms with van der Waals surface area (Å²) < 4.78 is 0. The van der Waals surface area contributed by atoms with Gasteiger partial charge in [0.05, 0.1) is 22.1 Å². The molecule has 0 saturated carbocycles. The van der Waals surface area contributed by atoms with E-state index in [0.29, 0.717) is 0 Å². The van der Waals surface area contributed by atoms with Gasteiger partial charge in [0.15, 0.2) is 0 Å². The smallest absolute Gasteiger partial charge is 0.0702 e. The molecule has 80 heavy (non-hydrogen) atoms. The largest absolute Gasteiger partial charge is 0.256 e. The van der Waals surface area contributed by atoms with Gasteiger partial charge >= 0.3 is 0 Å². The summed E-state index contributed by atoms with van der Waals surface area (Å²) in [5.41, 5.74) is 19.6. The Balaban J connectivity index is 0.952. The second-order valence-electron chi connectivity index (χ2n) is 20.9. The molecule has 0 aliphatic rings. The Morgan fingerprint density at radius 2 is 0.362 bits per heavy atom. The Morgan fingerprint density at radius 3 is 0.613 bits per heavy atom. The van der Waals surface area contributed by atoms with Crippen LogP contribution in [0.25, 0.3) is 165 Å². The highest BCUT2D eigenvalue weighted by Gasteiger charge is 2.24. The molecule has 16 aromatic rings. The highest BCUT2D eigenvalue weighted by Crippen LogP contribution is 2.51. The summed E-state index contributed by atoms with van der Waals surface area (Å²) in [5.74, 6) is 0. The van der Waals surface area contributed by atoms with Crippen LogP contribution >= 0.6 is 0 Å². The lowest BCUT2D eigenvalue weighted by Crippen LogP contribution is -1.96. The maximum Gasteiger partial charge on any atom is 0.0702 e. The first-order chi connectivity index (χ1) is 39.6. The van der Waals surface area contributed by atoms with Crippen LogP contribution in [-0.2, 0) is 0 Å². The van der Waals surface area contributed by atoms with Gasteiger partial charge in [-0.3, -0.25) is 19.9 Å². The highest BCUT2D eigenvalue weighted by molar-refractivity contribution is 6.30. The molecule has 0 N–H and O–H groups in total. The normalized spacial score (nSPS) is 11.8. The minimum absolute atomic E-state index is 0.974. The number of fused-ring (bicyclic) bond motifs is 8. The molecule has 0 aliphatic heterocycles. The molecule has 4 aromatic heterocycles. The molecule has 0 fully saturated rings. The molecule has 0 spiro atoms. The molecular weight excluding hydrogens is 969 g/mol. The number of para-hydroxylation sites is 4. The van der Waals surface area contributed by atoms with Crippen molar-refractivity contribution in [1.82, 2.24) is 19.9 Å². The van der Waals surface area contributed by atoms with E-state index >= 15 is 0 Å². The molecule has 0 bridgehead atoms. The number of nitrogens with zero attached hydrogens (tertiary/aromatic N) is 4. The molecule has 0 atom stereocenters. The predicted molar refractivity (Wildman–Crippen MR) is 336 cm³/mol. The zero-order valence-electron chi connectivity index (χ0n) is 43.3. The van der Waals surface area contributed by atoms with Gasteiger partial charge in [-0.05, 0) is 184 Å². The van der Waals surface area contributed by atoms with Crippen LogP contribution in [-0.4, -0.2) is 19.9 Å². The molecule has 0 unspecified atom stereocenters. The van der Waals surface area contributed by atoms with Crippen LogP contribution in [0, 0.1) is 0 Å². The maximum absolute atomic E-state index is 4.96. The first kappa shape index (κ1) is 45.5. The Labute approximate surface area is 461 Å². The summed E-state index contributed by atoms with van der Waals surface area (Å²) in [5, 5.41) is 13.9. The molecule has 0 aliphatic carbocycles. The third-order valence-corrected chi connectivity index (χ3v) is 16.3. The van der Waals surface area contributed by atoms with Gasteiger partial charge in [0.1, 0.15) is 0 Å². The van der Waals surface area contributed by atoms with Gasteiger partial charge in [-0.2, -0.15) is 0 Å². The molecule has 0 radical (unpaired) electrons. The van der Waals surface area contributed by atoms with E-state index < -0.39 is 0 Å². The lowest BCUT2D eigenvalue weighted by atomic mass is 9.80. The highest BCUT2D eigenvalue weighted by atomic mass is 14.7. The van der Waals surface area contributed by atoms with Crippen LogP contribution in [0.1, 0.15) is 0 Å². The lowest BCUT2D eigenvalue weighted by molar-refractivity contribution is 1.40. The Morgan fingerprint density at radius 1 is 0.163 bits per heavy atom. The lowest BCUT2D eigenvalue weighted by Gasteiger charge is -2.23. The van der Waals surface area contributed by atoms with Crippen molar-refractivity contribution in [3.05, 3.63) is 280 Å². The van der Waals surface area contributed by atoms with Crippen LogP contribution in [0.4, 0.5) is 0 Å². The molecule has 16 rings (SSSR count). The first-order valence-corrected chi connectivity index (χ1v) is 27.2. The number of hydrogen-bond donors (Lipinski definition) is 0. The summed E-state index contributed by atoms with van der Waals surface area (Å²) in [4.78, 5) is 19.8. The third kappa shape index (κ3) is 7.60. The van der Waals surface area contributed by atoms with Crippen molar-refractivity contribution >= 4 is 86.7 Å². The predicted octanol–water partition coefficient (Wildman–Crippen LogP) is 20.2. The quantitative estimate of drug-likeness (QED) is 0.149. The van der Waals surface area contributed by atoms with Crippen LogP contribution in [0.2, 0.25) is 0 Å². The fourth-order valence-electron chi connectivity index (χ4n) is 12.5. The van der Waals surface area contributed by atoms with Gasteiger partial charge < -0.3 is 0 Å². The van der Waals surface area contributed by atoms with Crippen molar-refractivity contribution in [3.8, 4) is 77.9 Å². The molecule has 4 nitrogen and oxygen atoms in total. The van der Waals surface area contributed by atoms with E-state index in [1.54, 1.807) is 0 Å². The van der Waals surface area contributed by atoms with Crippen LogP contribution in [0.15, 0.2) is 280 Å². The summed E-state index contributed by atoms with van der Waals surface area (Å²) in [6.45, 7) is 0. The Hall–Kier alpha value is -10.7. The Bertz CT molecular complexity index is 4580. The van der Waals surface area contributed by atoms with Gasteiger partial charge in [0.25, 0.3) is 0 Å². The number of pyridine rings is 4. The minimum atomic E-state index is 0.974. The molecule has 0 saturated heterocycles. The molecule has 4 heterocycles. The molecule has 12 aromatic carbocycles. The minimum Gasteiger partial charge on any atom is -0.256 e. The zero-order valence-corrected chi connectivity index (χ0v) is 43.3. The van der Waals surface area contributed by atoms with Crippen LogP contribution in [0.5, 0.6) is 0 Å². The van der Waals surface area contributed by atoms with E-state index in [-0.39, 0.29) is 0 Å². The molecular formula is C76H46N4. The Kier molecular flexibility index (Phi) is 10.5.